The van der Waals surface area contributed by atoms with E-state index >= 15 is 0 Å². The summed E-state index contributed by atoms with van der Waals surface area (Å²) in [6, 6.07) is 0. The zero-order valence-corrected chi connectivity index (χ0v) is 10.2. The molecule has 14 heavy (non-hydrogen) atoms. The smallest absolute Gasteiger partial charge is 0.214 e. The fourth-order valence-corrected chi connectivity index (χ4v) is 0.540. The highest BCUT2D eigenvalue weighted by Crippen LogP contribution is 1.77. The predicted octanol–water partition coefficient (Wildman–Crippen LogP) is 0.343. The molecule has 0 aliphatic carbocycles. The zero-order valence-electron chi connectivity index (χ0n) is 8.59. The van der Waals surface area contributed by atoms with Gasteiger partial charge in [0.25, 0.3) is 0 Å². The fraction of sp³-hybridized carbons (Fsp3) is 0.667. The Bertz CT molecular complexity index is 358. The first kappa shape index (κ1) is 18.8. The van der Waals surface area contributed by atoms with Crippen molar-refractivity contribution in [3.63, 3.8) is 0 Å². The van der Waals surface area contributed by atoms with Gasteiger partial charge >= 0.3 is 0 Å². The van der Waals surface area contributed by atoms with E-state index in [1.165, 1.54) is 18.7 Å². The average Bonchev–Trinajstić information content (AvgIpc) is 1.84. The van der Waals surface area contributed by atoms with Gasteiger partial charge in [-0.2, -0.15) is 14.9 Å². The lowest BCUT2D eigenvalue weighted by molar-refractivity contribution is 0.684. The first-order chi connectivity index (χ1) is 5.83. The summed E-state index contributed by atoms with van der Waals surface area (Å²) >= 11 is 0. The molecule has 8 heteroatoms. The van der Waals surface area contributed by atoms with Crippen LogP contribution in [0.2, 0.25) is 0 Å². The highest BCUT2D eigenvalue weighted by Gasteiger charge is 1.82. The SMILES string of the molecule is CS(C)(=O)=NC#N.CS(C)=NC#N.[B]. The van der Waals surface area contributed by atoms with Gasteiger partial charge in [0, 0.05) is 20.9 Å². The molecule has 0 atom stereocenters. The third-order valence-electron chi connectivity index (χ3n) is 0.484. The third-order valence-corrected chi connectivity index (χ3v) is 1.45. The van der Waals surface area contributed by atoms with Crippen molar-refractivity contribution in [2.75, 3.05) is 25.0 Å². The van der Waals surface area contributed by atoms with Crippen LogP contribution in [0.4, 0.5) is 0 Å². The Morgan fingerprint density at radius 2 is 1.64 bits per heavy atom. The van der Waals surface area contributed by atoms with Crippen LogP contribution in [0.15, 0.2) is 8.73 Å². The van der Waals surface area contributed by atoms with Crippen molar-refractivity contribution < 1.29 is 4.21 Å². The van der Waals surface area contributed by atoms with Gasteiger partial charge in [-0.25, -0.2) is 4.21 Å². The van der Waals surface area contributed by atoms with Gasteiger partial charge < -0.3 is 0 Å². The maximum absolute atomic E-state index is 10.4. The van der Waals surface area contributed by atoms with Gasteiger partial charge in [-0.15, -0.1) is 4.36 Å². The van der Waals surface area contributed by atoms with E-state index in [2.05, 4.69) is 8.73 Å². The van der Waals surface area contributed by atoms with E-state index in [1.54, 1.807) is 6.19 Å². The van der Waals surface area contributed by atoms with Crippen LogP contribution in [-0.4, -0.2) is 37.6 Å². The van der Waals surface area contributed by atoms with Gasteiger partial charge in [0.2, 0.25) is 12.4 Å². The highest BCUT2D eigenvalue weighted by atomic mass is 32.2. The number of nitriles is 2. The molecule has 0 heterocycles. The molecule has 0 bridgehead atoms. The molecule has 0 aliphatic rings. The van der Waals surface area contributed by atoms with E-state index in [-0.39, 0.29) is 19.1 Å². The lowest BCUT2D eigenvalue weighted by Crippen LogP contribution is -1.87. The Kier molecular flexibility index (Phi) is 13.8. The van der Waals surface area contributed by atoms with E-state index in [1.807, 2.05) is 12.5 Å². The zero-order chi connectivity index (χ0) is 10.9. The normalized spacial score (nSPS) is 8.21. The van der Waals surface area contributed by atoms with Gasteiger partial charge in [-0.05, 0) is 12.5 Å². The van der Waals surface area contributed by atoms with Crippen LogP contribution in [0.25, 0.3) is 0 Å². The second kappa shape index (κ2) is 10.2. The van der Waals surface area contributed by atoms with Gasteiger partial charge in [-0.1, -0.05) is 10.7 Å². The fourth-order valence-electron chi connectivity index (χ4n) is 0.180. The summed E-state index contributed by atoms with van der Waals surface area (Å²) in [5.74, 6) is 0. The molecule has 0 aromatic carbocycles. The molecule has 0 aromatic heterocycles. The maximum Gasteiger partial charge on any atom is 0.214 e. The van der Waals surface area contributed by atoms with Crippen LogP contribution in [0.5, 0.6) is 0 Å². The van der Waals surface area contributed by atoms with Gasteiger partial charge in [0.05, 0.1) is 9.73 Å². The molecule has 3 radical (unpaired) electrons. The van der Waals surface area contributed by atoms with Gasteiger partial charge in [-0.3, -0.25) is 0 Å². The Morgan fingerprint density at radius 3 is 1.64 bits per heavy atom. The van der Waals surface area contributed by atoms with Crippen LogP contribution in [-0.2, 0) is 20.4 Å². The van der Waals surface area contributed by atoms with E-state index in [0.717, 1.165) is 0 Å². The minimum absolute atomic E-state index is 0. The summed E-state index contributed by atoms with van der Waals surface area (Å²) in [4.78, 5) is 0. The van der Waals surface area contributed by atoms with Crippen molar-refractivity contribution >= 4 is 28.8 Å². The summed E-state index contributed by atoms with van der Waals surface area (Å²) < 4.78 is 16.9. The first-order valence-corrected chi connectivity index (χ1v) is 7.39. The quantitative estimate of drug-likeness (QED) is 0.444. The molecule has 0 aromatic rings. The summed E-state index contributed by atoms with van der Waals surface area (Å²) in [6.07, 6.45) is 9.77. The van der Waals surface area contributed by atoms with Crippen molar-refractivity contribution in [2.45, 2.75) is 0 Å². The van der Waals surface area contributed by atoms with E-state index in [0.29, 0.717) is 0 Å². The number of hydrogen-bond donors (Lipinski definition) is 0. The summed E-state index contributed by atoms with van der Waals surface area (Å²) in [5, 5.41) is 15.6. The van der Waals surface area contributed by atoms with Crippen molar-refractivity contribution in [3.05, 3.63) is 0 Å². The lowest BCUT2D eigenvalue weighted by atomic mass is 10.8. The van der Waals surface area contributed by atoms with E-state index < -0.39 is 9.73 Å². The molecule has 0 saturated heterocycles. The summed E-state index contributed by atoms with van der Waals surface area (Å²) in [7, 11) is -2.21. The predicted molar refractivity (Wildman–Crippen MR) is 61.0 cm³/mol. The second-order valence-corrected chi connectivity index (χ2v) is 6.61. The van der Waals surface area contributed by atoms with Crippen molar-refractivity contribution in [3.8, 4) is 12.4 Å². The minimum atomic E-state index is -2.16. The second-order valence-electron chi connectivity index (χ2n) is 2.34. The largest absolute Gasteiger partial charge is 0.249 e. The molecule has 0 spiro atoms. The van der Waals surface area contributed by atoms with Crippen LogP contribution in [0, 0.1) is 22.9 Å². The molecule has 0 fully saturated rings. The first-order valence-electron chi connectivity index (χ1n) is 3.06. The topological polar surface area (TPSA) is 89.4 Å². The van der Waals surface area contributed by atoms with Crippen LogP contribution in [0.1, 0.15) is 0 Å². The van der Waals surface area contributed by atoms with Crippen LogP contribution in [0.3, 0.4) is 0 Å². The Balaban J connectivity index is -0.000000163. The molecular formula is C6H12BN4OS2. The minimum Gasteiger partial charge on any atom is -0.249 e. The third kappa shape index (κ3) is 30.4. The lowest BCUT2D eigenvalue weighted by Gasteiger charge is -1.80. The van der Waals surface area contributed by atoms with Gasteiger partial charge in [0.15, 0.2) is 0 Å². The standard InChI is InChI=1S/C3H6N2OS.C3H6N2S.B/c1-7(2,6)5-3-4;1-6(2)5-3-4;/h1-2H3;1-2H3;. The molecule has 0 unspecified atom stereocenters. The van der Waals surface area contributed by atoms with E-state index in [4.69, 9.17) is 10.5 Å². The average molecular weight is 231 g/mol. The highest BCUT2D eigenvalue weighted by molar-refractivity contribution is 7.92. The molecule has 77 valence electrons. The Morgan fingerprint density at radius 1 is 1.21 bits per heavy atom. The van der Waals surface area contributed by atoms with E-state index in [9.17, 15) is 4.21 Å². The van der Waals surface area contributed by atoms with Gasteiger partial charge in [0.1, 0.15) is 0 Å². The Hall–Kier alpha value is -0.855. The van der Waals surface area contributed by atoms with Crippen molar-refractivity contribution in [2.24, 2.45) is 8.73 Å². The summed E-state index contributed by atoms with van der Waals surface area (Å²) in [6.45, 7) is 0. The number of hydrogen-bond acceptors (Lipinski definition) is 5. The molecule has 0 saturated carbocycles. The summed E-state index contributed by atoms with van der Waals surface area (Å²) in [5.41, 5.74) is 0. The van der Waals surface area contributed by atoms with Crippen LogP contribution < -0.4 is 0 Å². The Labute approximate surface area is 90.0 Å². The molecular weight excluding hydrogens is 219 g/mol. The van der Waals surface area contributed by atoms with Crippen LogP contribution >= 0.6 is 0 Å². The molecule has 0 amide bonds. The molecule has 5 nitrogen and oxygen atoms in total. The number of rotatable bonds is 0. The maximum atomic E-state index is 10.4. The monoisotopic (exact) mass is 231 g/mol. The van der Waals surface area contributed by atoms with Crippen molar-refractivity contribution in [1.82, 2.24) is 0 Å². The number of nitrogens with zero attached hydrogens (tertiary/aromatic N) is 4. The molecule has 0 N–H and O–H groups in total. The molecule has 0 rings (SSSR count). The molecule has 0 aliphatic heterocycles. The van der Waals surface area contributed by atoms with Crippen molar-refractivity contribution in [1.29, 1.82) is 10.5 Å².